The summed E-state index contributed by atoms with van der Waals surface area (Å²) in [6, 6.07) is 19.9. The second kappa shape index (κ2) is 9.21. The van der Waals surface area contributed by atoms with Gasteiger partial charge in [0, 0.05) is 31.6 Å². The van der Waals surface area contributed by atoms with Gasteiger partial charge in [0.2, 0.25) is 0 Å². The largest absolute Gasteiger partial charge is 0.512 e. The molecule has 5 nitrogen and oxygen atoms in total. The number of aliphatic hydroxyl groups is 1. The van der Waals surface area contributed by atoms with Crippen LogP contribution >= 0.6 is 0 Å². The fourth-order valence-corrected chi connectivity index (χ4v) is 2.51. The summed E-state index contributed by atoms with van der Waals surface area (Å²) in [5, 5.41) is 9.49. The summed E-state index contributed by atoms with van der Waals surface area (Å²) in [4.78, 5) is 23.7. The maximum Gasteiger partial charge on any atom is 0.155 e. The van der Waals surface area contributed by atoms with Gasteiger partial charge < -0.3 is 15.1 Å². The van der Waals surface area contributed by atoms with Gasteiger partial charge in [0.1, 0.15) is 0 Å². The molecule has 0 bridgehead atoms. The number of ketones is 1. The van der Waals surface area contributed by atoms with Crippen molar-refractivity contribution >= 4 is 27.7 Å². The molecular formula is C21H18IrN3O2-. The Bertz CT molecular complexity index is 1070. The van der Waals surface area contributed by atoms with Gasteiger partial charge in [-0.1, -0.05) is 48.5 Å². The van der Waals surface area contributed by atoms with Gasteiger partial charge in [-0.15, -0.1) is 0 Å². The molecule has 0 saturated heterocycles. The fraction of sp³-hybridized carbons (Fsp3) is 0.0952. The molecule has 0 amide bonds. The predicted octanol–water partition coefficient (Wildman–Crippen LogP) is 4.44. The van der Waals surface area contributed by atoms with E-state index in [4.69, 9.17) is 5.11 Å². The molecule has 0 spiro atoms. The predicted molar refractivity (Wildman–Crippen MR) is 103 cm³/mol. The number of aromatic nitrogens is 3. The van der Waals surface area contributed by atoms with Crippen molar-refractivity contribution in [2.75, 3.05) is 0 Å². The van der Waals surface area contributed by atoms with Crippen LogP contribution in [0.15, 0.2) is 72.5 Å². The summed E-state index contributed by atoms with van der Waals surface area (Å²) in [6.45, 7) is 2.85. The average molecular weight is 537 g/mol. The molecule has 0 atom stereocenters. The third-order valence-corrected chi connectivity index (χ3v) is 3.57. The van der Waals surface area contributed by atoms with Crippen LogP contribution in [0.4, 0.5) is 0 Å². The minimum absolute atomic E-state index is 0. The Morgan fingerprint density at radius 2 is 1.59 bits per heavy atom. The minimum Gasteiger partial charge on any atom is -0.512 e. The number of pyridine rings is 1. The molecule has 2 aromatic heterocycles. The van der Waals surface area contributed by atoms with Crippen LogP contribution in [0.5, 0.6) is 0 Å². The summed E-state index contributed by atoms with van der Waals surface area (Å²) in [6.07, 6.45) is 1.17. The van der Waals surface area contributed by atoms with E-state index in [-0.39, 0.29) is 31.6 Å². The third-order valence-electron chi connectivity index (χ3n) is 3.57. The number of allylic oxidation sites excluding steroid dienone is 2. The summed E-state index contributed by atoms with van der Waals surface area (Å²) >= 11 is 0. The van der Waals surface area contributed by atoms with Crippen molar-refractivity contribution in [1.82, 2.24) is 15.0 Å². The number of aliphatic hydroxyl groups excluding tert-OH is 1. The number of hydrogen-bond donors (Lipinski definition) is 1. The summed E-state index contributed by atoms with van der Waals surface area (Å²) in [7, 11) is 0. The third kappa shape index (κ3) is 5.33. The van der Waals surface area contributed by atoms with E-state index in [2.05, 4.69) is 27.1 Å². The molecule has 4 rings (SSSR count). The van der Waals surface area contributed by atoms with Gasteiger partial charge in [-0.3, -0.25) is 4.79 Å². The number of benzene rings is 2. The van der Waals surface area contributed by atoms with Crippen LogP contribution in [0.1, 0.15) is 13.8 Å². The zero-order valence-corrected chi connectivity index (χ0v) is 17.3. The first kappa shape index (κ1) is 20.5. The molecule has 2 heterocycles. The van der Waals surface area contributed by atoms with E-state index in [9.17, 15) is 4.79 Å². The topological polar surface area (TPSA) is 77.2 Å². The molecular weight excluding hydrogens is 518 g/mol. The Kier molecular flexibility index (Phi) is 6.99. The van der Waals surface area contributed by atoms with Crippen LogP contribution < -0.4 is 4.98 Å². The van der Waals surface area contributed by atoms with E-state index < -0.39 is 0 Å². The van der Waals surface area contributed by atoms with Gasteiger partial charge in [-0.05, 0) is 42.8 Å². The number of imidazole rings is 1. The first-order valence-corrected chi connectivity index (χ1v) is 8.16. The second-order valence-corrected chi connectivity index (χ2v) is 5.82. The number of para-hydroxylation sites is 3. The monoisotopic (exact) mass is 537 g/mol. The molecule has 0 aliphatic heterocycles. The van der Waals surface area contributed by atoms with E-state index in [1.165, 1.54) is 19.9 Å². The van der Waals surface area contributed by atoms with Gasteiger partial charge >= 0.3 is 0 Å². The Morgan fingerprint density at radius 3 is 2.22 bits per heavy atom. The van der Waals surface area contributed by atoms with Crippen molar-refractivity contribution in [2.45, 2.75) is 13.8 Å². The van der Waals surface area contributed by atoms with Crippen molar-refractivity contribution in [2.24, 2.45) is 0 Å². The summed E-state index contributed by atoms with van der Waals surface area (Å²) in [5.74, 6) is 0.624. The fourth-order valence-electron chi connectivity index (χ4n) is 2.51. The maximum absolute atomic E-state index is 10.0. The first-order chi connectivity index (χ1) is 12.5. The SMILES string of the molecule is CC(=O)/C=C(/C)O.[Ir].c1ccc2nc(-c3nc4ccccc4[n-]3)ccc2c1. The number of fused-ring (bicyclic) bond motifs is 2. The zero-order valence-electron chi connectivity index (χ0n) is 14.9. The van der Waals surface area contributed by atoms with Crippen LogP contribution in [0.2, 0.25) is 0 Å². The quantitative estimate of drug-likeness (QED) is 0.303. The van der Waals surface area contributed by atoms with Crippen LogP contribution in [0.25, 0.3) is 33.5 Å². The molecule has 6 heteroatoms. The minimum atomic E-state index is -0.125. The zero-order chi connectivity index (χ0) is 18.5. The van der Waals surface area contributed by atoms with E-state index in [0.717, 1.165) is 27.6 Å². The molecule has 139 valence electrons. The van der Waals surface area contributed by atoms with E-state index in [0.29, 0.717) is 5.82 Å². The summed E-state index contributed by atoms with van der Waals surface area (Å²) in [5.41, 5.74) is 3.60. The average Bonchev–Trinajstić information content (AvgIpc) is 3.05. The Morgan fingerprint density at radius 1 is 0.926 bits per heavy atom. The Balaban J connectivity index is 0.000000285. The molecule has 2 aromatic carbocycles. The molecule has 0 saturated carbocycles. The van der Waals surface area contributed by atoms with Crippen molar-refractivity contribution in [3.05, 3.63) is 72.5 Å². The van der Waals surface area contributed by atoms with Crippen LogP contribution in [-0.4, -0.2) is 20.9 Å². The first-order valence-electron chi connectivity index (χ1n) is 8.16. The van der Waals surface area contributed by atoms with Crippen molar-refractivity contribution < 1.29 is 30.0 Å². The second-order valence-electron chi connectivity index (χ2n) is 5.82. The maximum atomic E-state index is 10.0. The number of carbonyl (C=O) groups is 1. The van der Waals surface area contributed by atoms with Crippen molar-refractivity contribution in [1.29, 1.82) is 0 Å². The Labute approximate surface area is 170 Å². The molecule has 0 aliphatic rings. The van der Waals surface area contributed by atoms with Crippen molar-refractivity contribution in [3.8, 4) is 11.5 Å². The molecule has 0 aliphatic carbocycles. The smallest absolute Gasteiger partial charge is 0.155 e. The van der Waals surface area contributed by atoms with Crippen LogP contribution in [0, 0.1) is 0 Å². The van der Waals surface area contributed by atoms with Crippen LogP contribution in [-0.2, 0) is 24.9 Å². The summed E-state index contributed by atoms with van der Waals surface area (Å²) < 4.78 is 0. The number of nitrogens with zero attached hydrogens (tertiary/aromatic N) is 3. The molecule has 0 fully saturated rings. The molecule has 1 radical (unpaired) electrons. The van der Waals surface area contributed by atoms with E-state index in [1.807, 2.05) is 48.5 Å². The van der Waals surface area contributed by atoms with Gasteiger partial charge in [-0.2, -0.15) is 0 Å². The van der Waals surface area contributed by atoms with Gasteiger partial charge in [0.25, 0.3) is 0 Å². The molecule has 27 heavy (non-hydrogen) atoms. The normalized spacial score (nSPS) is 10.8. The molecule has 1 N–H and O–H groups in total. The Hall–Kier alpha value is -2.82. The number of hydrogen-bond acceptors (Lipinski definition) is 4. The van der Waals surface area contributed by atoms with E-state index in [1.54, 1.807) is 0 Å². The van der Waals surface area contributed by atoms with Gasteiger partial charge in [0.05, 0.1) is 17.0 Å². The molecule has 4 aromatic rings. The number of rotatable bonds is 2. The van der Waals surface area contributed by atoms with Crippen molar-refractivity contribution in [3.63, 3.8) is 0 Å². The molecule has 0 unspecified atom stereocenters. The standard InChI is InChI=1S/C16H10N3.C5H8O2.Ir/c1-2-6-12-11(5-1)9-10-15(17-12)16-18-13-7-3-4-8-14(13)19-16;1-4(6)3-5(2)7;/h1-10H;3,6H,1-2H3;/q-1;;/b;4-3-;. The number of carbonyl (C=O) groups excluding carboxylic acids is 1. The van der Waals surface area contributed by atoms with Gasteiger partial charge in [0.15, 0.2) is 5.78 Å². The van der Waals surface area contributed by atoms with Crippen LogP contribution in [0.3, 0.4) is 0 Å². The van der Waals surface area contributed by atoms with E-state index >= 15 is 0 Å². The van der Waals surface area contributed by atoms with Gasteiger partial charge in [-0.25, -0.2) is 4.98 Å².